The second-order valence-corrected chi connectivity index (χ2v) is 6.93. The van der Waals surface area contributed by atoms with Crippen molar-refractivity contribution in [2.24, 2.45) is 5.73 Å². The van der Waals surface area contributed by atoms with E-state index in [1.54, 1.807) is 0 Å². The van der Waals surface area contributed by atoms with E-state index in [9.17, 15) is 18.0 Å². The van der Waals surface area contributed by atoms with Gasteiger partial charge in [0.1, 0.15) is 10.4 Å². The van der Waals surface area contributed by atoms with Crippen LogP contribution >= 0.6 is 0 Å². The molecular weight excluding hydrogens is 296 g/mol. The van der Waals surface area contributed by atoms with Crippen molar-refractivity contribution >= 4 is 21.8 Å². The summed E-state index contributed by atoms with van der Waals surface area (Å²) in [4.78, 5) is 27.2. The molecule has 9 heteroatoms. The van der Waals surface area contributed by atoms with Crippen LogP contribution in [0.2, 0.25) is 0 Å². The van der Waals surface area contributed by atoms with E-state index in [0.717, 1.165) is 4.31 Å². The lowest BCUT2D eigenvalue weighted by Crippen LogP contribution is -2.65. The van der Waals surface area contributed by atoms with Gasteiger partial charge >= 0.3 is 0 Å². The molecule has 1 fully saturated rings. The molecule has 2 heterocycles. The number of nitrogens with two attached hydrogens (primary N) is 1. The summed E-state index contributed by atoms with van der Waals surface area (Å²) < 4.78 is 26.4. The number of amides is 2. The number of nitrogens with zero attached hydrogens (tertiary/aromatic N) is 2. The summed E-state index contributed by atoms with van der Waals surface area (Å²) in [6, 6.07) is 2.82. The maximum Gasteiger partial charge on any atom is 0.247 e. The van der Waals surface area contributed by atoms with Gasteiger partial charge in [-0.15, -0.1) is 0 Å². The number of carbonyl (C=O) groups is 2. The molecule has 0 spiro atoms. The van der Waals surface area contributed by atoms with Gasteiger partial charge in [-0.2, -0.15) is 4.31 Å². The van der Waals surface area contributed by atoms with Gasteiger partial charge in [0.15, 0.2) is 0 Å². The van der Waals surface area contributed by atoms with E-state index >= 15 is 0 Å². The van der Waals surface area contributed by atoms with Crippen LogP contribution in [0.5, 0.6) is 0 Å². The Kier molecular flexibility index (Phi) is 3.83. The second-order valence-electron chi connectivity index (χ2n) is 5.10. The van der Waals surface area contributed by atoms with Crippen LogP contribution in [0.1, 0.15) is 19.5 Å². The monoisotopic (exact) mass is 312 g/mol. The number of rotatable bonds is 3. The highest BCUT2D eigenvalue weighted by atomic mass is 32.2. The molecule has 0 aliphatic carbocycles. The van der Waals surface area contributed by atoms with Crippen molar-refractivity contribution in [1.29, 1.82) is 0 Å². The third-order valence-corrected chi connectivity index (χ3v) is 5.42. The zero-order chi connectivity index (χ0) is 15.8. The van der Waals surface area contributed by atoms with Gasteiger partial charge in [0.25, 0.3) is 0 Å². The molecule has 8 nitrogen and oxygen atoms in total. The minimum Gasteiger partial charge on any atom is -0.325 e. The number of hydrogen-bond acceptors (Lipinski definition) is 6. The largest absolute Gasteiger partial charge is 0.325 e. The SMILES string of the molecule is CC1(C)C(=O)NC(=O)CN1S(=O)(=O)c1cccnc1CN. The Balaban J connectivity index is 2.57. The molecule has 2 rings (SSSR count). The molecule has 1 aromatic heterocycles. The average molecular weight is 312 g/mol. The molecule has 0 unspecified atom stereocenters. The third kappa shape index (κ3) is 2.55. The van der Waals surface area contributed by atoms with Gasteiger partial charge in [-0.1, -0.05) is 0 Å². The Hall–Kier alpha value is -1.84. The molecule has 1 aliphatic rings. The molecular formula is C12H16N4O4S. The number of piperazine rings is 1. The molecule has 21 heavy (non-hydrogen) atoms. The summed E-state index contributed by atoms with van der Waals surface area (Å²) in [5.74, 6) is -1.33. The maximum atomic E-state index is 12.8. The van der Waals surface area contributed by atoms with Crippen molar-refractivity contribution in [1.82, 2.24) is 14.6 Å². The van der Waals surface area contributed by atoms with E-state index in [-0.39, 0.29) is 17.1 Å². The van der Waals surface area contributed by atoms with Crippen LogP contribution in [0.3, 0.4) is 0 Å². The topological polar surface area (TPSA) is 122 Å². The number of carbonyl (C=O) groups excluding carboxylic acids is 2. The quantitative estimate of drug-likeness (QED) is 0.688. The Labute approximate surface area is 122 Å². The normalized spacial score (nSPS) is 19.4. The van der Waals surface area contributed by atoms with Gasteiger partial charge in [0.05, 0.1) is 12.2 Å². The standard InChI is InChI=1S/C12H16N4O4S/c1-12(2)11(18)15-10(17)7-16(12)21(19,20)9-4-3-5-14-8(9)6-13/h3-5H,6-7,13H2,1-2H3,(H,15,17,18). The summed E-state index contributed by atoms with van der Waals surface area (Å²) in [6.07, 6.45) is 1.43. The van der Waals surface area contributed by atoms with Crippen molar-refractivity contribution < 1.29 is 18.0 Å². The van der Waals surface area contributed by atoms with Crippen LogP contribution in [0, 0.1) is 0 Å². The molecule has 0 atom stereocenters. The van der Waals surface area contributed by atoms with E-state index < -0.39 is 33.9 Å². The molecule has 1 aromatic rings. The summed E-state index contributed by atoms with van der Waals surface area (Å²) in [6.45, 7) is 2.37. The lowest BCUT2D eigenvalue weighted by atomic mass is 10.0. The molecule has 1 aliphatic heterocycles. The van der Waals surface area contributed by atoms with Gasteiger partial charge in [-0.3, -0.25) is 19.9 Å². The predicted molar refractivity (Wildman–Crippen MR) is 73.2 cm³/mol. The first-order valence-electron chi connectivity index (χ1n) is 6.22. The number of aromatic nitrogens is 1. The van der Waals surface area contributed by atoms with E-state index in [1.807, 2.05) is 0 Å². The summed E-state index contributed by atoms with van der Waals surface area (Å²) in [5, 5.41) is 2.13. The molecule has 0 saturated carbocycles. The number of pyridine rings is 1. The number of sulfonamides is 1. The highest BCUT2D eigenvalue weighted by Gasteiger charge is 2.48. The Morgan fingerprint density at radius 3 is 2.71 bits per heavy atom. The number of hydrogen-bond donors (Lipinski definition) is 2. The van der Waals surface area contributed by atoms with Crippen molar-refractivity contribution in [3.8, 4) is 0 Å². The lowest BCUT2D eigenvalue weighted by molar-refractivity contribution is -0.141. The first kappa shape index (κ1) is 15.5. The fourth-order valence-corrected chi connectivity index (χ4v) is 3.97. The minimum atomic E-state index is -4.07. The molecule has 3 N–H and O–H groups in total. The van der Waals surface area contributed by atoms with Crippen LogP contribution in [-0.4, -0.2) is 41.6 Å². The van der Waals surface area contributed by atoms with Gasteiger partial charge in [0, 0.05) is 12.7 Å². The number of nitrogens with one attached hydrogen (secondary N) is 1. The smallest absolute Gasteiger partial charge is 0.247 e. The molecule has 2 amide bonds. The molecule has 0 radical (unpaired) electrons. The van der Waals surface area contributed by atoms with Crippen LogP contribution in [0.4, 0.5) is 0 Å². The molecule has 0 bridgehead atoms. The molecule has 1 saturated heterocycles. The van der Waals surface area contributed by atoms with E-state index in [2.05, 4.69) is 10.3 Å². The zero-order valence-corrected chi connectivity index (χ0v) is 12.5. The summed E-state index contributed by atoms with van der Waals surface area (Å²) in [5.41, 5.74) is 4.31. The first-order valence-corrected chi connectivity index (χ1v) is 7.66. The van der Waals surface area contributed by atoms with E-state index in [0.29, 0.717) is 0 Å². The Morgan fingerprint density at radius 2 is 2.10 bits per heavy atom. The summed E-state index contributed by atoms with van der Waals surface area (Å²) in [7, 11) is -4.07. The van der Waals surface area contributed by atoms with E-state index in [4.69, 9.17) is 5.73 Å². The van der Waals surface area contributed by atoms with Gasteiger partial charge in [-0.25, -0.2) is 8.42 Å². The van der Waals surface area contributed by atoms with Crippen molar-refractivity contribution in [2.45, 2.75) is 30.8 Å². The second kappa shape index (κ2) is 5.17. The molecule has 114 valence electrons. The first-order chi connectivity index (χ1) is 9.71. The number of imide groups is 1. The van der Waals surface area contributed by atoms with Crippen LogP contribution in [0.25, 0.3) is 0 Å². The Morgan fingerprint density at radius 1 is 1.43 bits per heavy atom. The van der Waals surface area contributed by atoms with Crippen LogP contribution < -0.4 is 11.1 Å². The minimum absolute atomic E-state index is 0.0657. The van der Waals surface area contributed by atoms with Crippen LogP contribution in [0.15, 0.2) is 23.2 Å². The van der Waals surface area contributed by atoms with Gasteiger partial charge in [-0.05, 0) is 26.0 Å². The highest BCUT2D eigenvalue weighted by molar-refractivity contribution is 7.89. The zero-order valence-electron chi connectivity index (χ0n) is 11.7. The fraction of sp³-hybridized carbons (Fsp3) is 0.417. The Bertz CT molecular complexity index is 699. The lowest BCUT2D eigenvalue weighted by Gasteiger charge is -2.38. The average Bonchev–Trinajstić information content (AvgIpc) is 2.43. The molecule has 0 aromatic carbocycles. The van der Waals surface area contributed by atoms with Crippen molar-refractivity contribution in [2.75, 3.05) is 6.54 Å². The maximum absolute atomic E-state index is 12.8. The third-order valence-electron chi connectivity index (χ3n) is 3.33. The van der Waals surface area contributed by atoms with Crippen molar-refractivity contribution in [3.05, 3.63) is 24.0 Å². The van der Waals surface area contributed by atoms with Gasteiger partial charge < -0.3 is 5.73 Å². The van der Waals surface area contributed by atoms with Gasteiger partial charge in [0.2, 0.25) is 21.8 Å². The highest BCUT2D eigenvalue weighted by Crippen LogP contribution is 2.28. The predicted octanol–water partition coefficient (Wildman–Crippen LogP) is -1.03. The van der Waals surface area contributed by atoms with E-state index in [1.165, 1.54) is 32.2 Å². The van der Waals surface area contributed by atoms with Crippen molar-refractivity contribution in [3.63, 3.8) is 0 Å². The van der Waals surface area contributed by atoms with Crippen LogP contribution in [-0.2, 0) is 26.2 Å². The fourth-order valence-electron chi connectivity index (χ4n) is 2.08. The summed E-state index contributed by atoms with van der Waals surface area (Å²) >= 11 is 0.